The number of hydrogen-bond donors (Lipinski definition) is 0. The molecule has 0 saturated heterocycles. The SMILES string of the molecule is CCCCN(CC(=O)N(Cc1cccn1Cc1ccccc1Cl)CC(C)C)C(=O)c1ccc2c(c1)OCO2. The Bertz CT molecular complexity index is 1260. The number of rotatable bonds is 12. The number of amides is 2. The number of carbonyl (C=O) groups is 2. The Balaban J connectivity index is 1.51. The number of fused-ring (bicyclic) bond motifs is 1. The molecule has 1 aromatic heterocycles. The summed E-state index contributed by atoms with van der Waals surface area (Å²) in [7, 11) is 0. The summed E-state index contributed by atoms with van der Waals surface area (Å²) in [6, 6.07) is 17.0. The third kappa shape index (κ3) is 6.90. The molecule has 8 heteroatoms. The van der Waals surface area contributed by atoms with Crippen LogP contribution in [0.2, 0.25) is 5.02 Å². The van der Waals surface area contributed by atoms with E-state index in [1.54, 1.807) is 23.1 Å². The molecule has 0 unspecified atom stereocenters. The fourth-order valence-corrected chi connectivity index (χ4v) is 4.72. The lowest BCUT2D eigenvalue weighted by atomic mass is 10.1. The van der Waals surface area contributed by atoms with Crippen molar-refractivity contribution in [3.8, 4) is 11.5 Å². The van der Waals surface area contributed by atoms with Crippen molar-refractivity contribution in [2.45, 2.75) is 46.7 Å². The highest BCUT2D eigenvalue weighted by molar-refractivity contribution is 6.31. The lowest BCUT2D eigenvalue weighted by Gasteiger charge is -2.29. The van der Waals surface area contributed by atoms with Crippen molar-refractivity contribution in [3.05, 3.63) is 82.6 Å². The fraction of sp³-hybridized carbons (Fsp3) is 0.400. The van der Waals surface area contributed by atoms with Crippen molar-refractivity contribution in [1.29, 1.82) is 0 Å². The summed E-state index contributed by atoms with van der Waals surface area (Å²) < 4.78 is 13.0. The zero-order valence-electron chi connectivity index (χ0n) is 22.4. The number of benzene rings is 2. The van der Waals surface area contributed by atoms with E-state index < -0.39 is 0 Å². The molecule has 2 heterocycles. The molecule has 202 valence electrons. The van der Waals surface area contributed by atoms with Crippen LogP contribution in [-0.2, 0) is 17.9 Å². The Kier molecular flexibility index (Phi) is 9.34. The zero-order chi connectivity index (χ0) is 27.1. The number of halogens is 1. The molecule has 0 saturated carbocycles. The minimum Gasteiger partial charge on any atom is -0.454 e. The summed E-state index contributed by atoms with van der Waals surface area (Å²) in [5.41, 5.74) is 2.52. The Morgan fingerprint density at radius 1 is 1.03 bits per heavy atom. The van der Waals surface area contributed by atoms with E-state index in [0.29, 0.717) is 43.2 Å². The minimum atomic E-state index is -0.184. The second-order valence-electron chi connectivity index (χ2n) is 10.0. The molecule has 0 spiro atoms. The van der Waals surface area contributed by atoms with Gasteiger partial charge in [0.2, 0.25) is 12.7 Å². The van der Waals surface area contributed by atoms with Gasteiger partial charge in [0.1, 0.15) is 6.54 Å². The van der Waals surface area contributed by atoms with Crippen LogP contribution in [0.4, 0.5) is 0 Å². The van der Waals surface area contributed by atoms with Crippen LogP contribution < -0.4 is 9.47 Å². The molecule has 0 N–H and O–H groups in total. The first kappa shape index (κ1) is 27.6. The average Bonchev–Trinajstić information content (AvgIpc) is 3.55. The molecular formula is C30H36ClN3O4. The summed E-state index contributed by atoms with van der Waals surface area (Å²) in [4.78, 5) is 30.7. The number of unbranched alkanes of at least 4 members (excludes halogenated alkanes) is 1. The van der Waals surface area contributed by atoms with Gasteiger partial charge in [-0.25, -0.2) is 0 Å². The van der Waals surface area contributed by atoms with Gasteiger partial charge in [0.05, 0.1) is 6.54 Å². The minimum absolute atomic E-state index is 0.0191. The van der Waals surface area contributed by atoms with Crippen molar-refractivity contribution in [1.82, 2.24) is 14.4 Å². The van der Waals surface area contributed by atoms with E-state index in [-0.39, 0.29) is 31.1 Å². The highest BCUT2D eigenvalue weighted by Crippen LogP contribution is 2.33. The summed E-state index contributed by atoms with van der Waals surface area (Å²) >= 11 is 6.40. The molecule has 4 rings (SSSR count). The van der Waals surface area contributed by atoms with Gasteiger partial charge in [-0.1, -0.05) is 57.0 Å². The maximum absolute atomic E-state index is 13.7. The first-order valence-corrected chi connectivity index (χ1v) is 13.6. The molecule has 2 aromatic carbocycles. The van der Waals surface area contributed by atoms with Gasteiger partial charge >= 0.3 is 0 Å². The molecule has 7 nitrogen and oxygen atoms in total. The number of nitrogens with zero attached hydrogens (tertiary/aromatic N) is 3. The number of hydrogen-bond acceptors (Lipinski definition) is 4. The monoisotopic (exact) mass is 537 g/mol. The predicted octanol–water partition coefficient (Wildman–Crippen LogP) is 5.85. The van der Waals surface area contributed by atoms with Crippen LogP contribution >= 0.6 is 11.6 Å². The van der Waals surface area contributed by atoms with Crippen molar-refractivity contribution in [2.24, 2.45) is 5.92 Å². The van der Waals surface area contributed by atoms with E-state index in [2.05, 4.69) is 25.3 Å². The Morgan fingerprint density at radius 2 is 1.82 bits per heavy atom. The lowest BCUT2D eigenvalue weighted by molar-refractivity contribution is -0.133. The topological polar surface area (TPSA) is 64.0 Å². The highest BCUT2D eigenvalue weighted by Gasteiger charge is 2.25. The second-order valence-corrected chi connectivity index (χ2v) is 10.4. The van der Waals surface area contributed by atoms with Crippen LogP contribution in [0, 0.1) is 5.92 Å². The summed E-state index contributed by atoms with van der Waals surface area (Å²) in [6.07, 6.45) is 3.74. The number of carbonyl (C=O) groups excluding carboxylic acids is 2. The first-order valence-electron chi connectivity index (χ1n) is 13.2. The van der Waals surface area contributed by atoms with E-state index in [1.165, 1.54) is 0 Å². The molecule has 0 fully saturated rings. The van der Waals surface area contributed by atoms with E-state index in [9.17, 15) is 9.59 Å². The predicted molar refractivity (Wildman–Crippen MR) is 149 cm³/mol. The first-order chi connectivity index (χ1) is 18.4. The third-order valence-electron chi connectivity index (χ3n) is 6.53. The van der Waals surface area contributed by atoms with Gasteiger partial charge < -0.3 is 23.8 Å². The Labute approximate surface area is 229 Å². The standard InChI is InChI=1S/C30H36ClN3O4/c1-4-5-14-33(30(36)23-12-13-27-28(16-23)38-21-37-27)20-29(35)34(17-22(2)3)19-25-10-8-15-32(25)18-24-9-6-7-11-26(24)31/h6-13,15-16,22H,4-5,14,17-21H2,1-3H3. The van der Waals surface area contributed by atoms with Gasteiger partial charge in [-0.05, 0) is 54.3 Å². The Morgan fingerprint density at radius 3 is 2.58 bits per heavy atom. The van der Waals surface area contributed by atoms with E-state index in [4.69, 9.17) is 21.1 Å². The third-order valence-corrected chi connectivity index (χ3v) is 6.90. The van der Waals surface area contributed by atoms with Gasteiger partial charge in [-0.3, -0.25) is 9.59 Å². The second kappa shape index (κ2) is 12.9. The molecule has 0 bridgehead atoms. The molecule has 1 aliphatic heterocycles. The maximum Gasteiger partial charge on any atom is 0.254 e. The molecule has 0 aliphatic carbocycles. The van der Waals surface area contributed by atoms with Crippen molar-refractivity contribution in [3.63, 3.8) is 0 Å². The summed E-state index contributed by atoms with van der Waals surface area (Å²) in [5, 5.41) is 0.718. The quantitative estimate of drug-likeness (QED) is 0.291. The van der Waals surface area contributed by atoms with Crippen LogP contribution in [0.15, 0.2) is 60.8 Å². The smallest absolute Gasteiger partial charge is 0.254 e. The van der Waals surface area contributed by atoms with Crippen LogP contribution in [0.25, 0.3) is 0 Å². The maximum atomic E-state index is 13.7. The zero-order valence-corrected chi connectivity index (χ0v) is 23.1. The molecule has 2 amide bonds. The molecule has 0 radical (unpaired) electrons. The van der Waals surface area contributed by atoms with E-state index >= 15 is 0 Å². The molecular weight excluding hydrogens is 502 g/mol. The van der Waals surface area contributed by atoms with Crippen LogP contribution in [0.5, 0.6) is 11.5 Å². The lowest BCUT2D eigenvalue weighted by Crippen LogP contribution is -2.44. The van der Waals surface area contributed by atoms with Gasteiger partial charge in [0.25, 0.3) is 5.91 Å². The van der Waals surface area contributed by atoms with Gasteiger partial charge in [-0.15, -0.1) is 0 Å². The summed E-state index contributed by atoms with van der Waals surface area (Å²) in [6.45, 7) is 8.60. The highest BCUT2D eigenvalue weighted by atomic mass is 35.5. The number of ether oxygens (including phenoxy) is 2. The van der Waals surface area contributed by atoms with Crippen LogP contribution in [0.3, 0.4) is 0 Å². The molecule has 38 heavy (non-hydrogen) atoms. The normalized spacial score (nSPS) is 12.1. The van der Waals surface area contributed by atoms with Crippen molar-refractivity contribution < 1.29 is 19.1 Å². The number of aromatic nitrogens is 1. The fourth-order valence-electron chi connectivity index (χ4n) is 4.53. The van der Waals surface area contributed by atoms with E-state index in [0.717, 1.165) is 29.1 Å². The Hall–Kier alpha value is -3.45. The van der Waals surface area contributed by atoms with Crippen LogP contribution in [0.1, 0.15) is 55.2 Å². The average molecular weight is 538 g/mol. The molecule has 1 aliphatic rings. The van der Waals surface area contributed by atoms with Crippen molar-refractivity contribution >= 4 is 23.4 Å². The summed E-state index contributed by atoms with van der Waals surface area (Å²) in [5.74, 6) is 1.20. The van der Waals surface area contributed by atoms with E-state index in [1.807, 2.05) is 47.5 Å². The van der Waals surface area contributed by atoms with Gasteiger partial charge in [0, 0.05) is 42.1 Å². The van der Waals surface area contributed by atoms with Gasteiger partial charge in [-0.2, -0.15) is 0 Å². The van der Waals surface area contributed by atoms with Crippen molar-refractivity contribution in [2.75, 3.05) is 26.4 Å². The largest absolute Gasteiger partial charge is 0.454 e. The molecule has 3 aromatic rings. The van der Waals surface area contributed by atoms with Gasteiger partial charge in [0.15, 0.2) is 11.5 Å². The molecule has 0 atom stereocenters. The van der Waals surface area contributed by atoms with Crippen LogP contribution in [-0.4, -0.2) is 52.6 Å².